The molecule has 28 heavy (non-hydrogen) atoms. The monoisotopic (exact) mass is 410 g/mol. The molecule has 1 aliphatic carbocycles. The van der Waals surface area contributed by atoms with Crippen molar-refractivity contribution in [3.63, 3.8) is 0 Å². The van der Waals surface area contributed by atoms with Crippen molar-refractivity contribution >= 4 is 21.8 Å². The molecule has 1 atom stereocenters. The molecular weight excluding hydrogens is 393 g/mol. The van der Waals surface area contributed by atoms with Crippen LogP contribution in [-0.4, -0.2) is 35.5 Å². The lowest BCUT2D eigenvalue weighted by atomic mass is 10.2. The number of aryl methyl sites for hydroxylation is 1. The lowest BCUT2D eigenvalue weighted by Gasteiger charge is -2.08. The van der Waals surface area contributed by atoms with Crippen molar-refractivity contribution in [1.82, 2.24) is 24.7 Å². The highest BCUT2D eigenvalue weighted by Gasteiger charge is 2.34. The van der Waals surface area contributed by atoms with E-state index in [1.54, 1.807) is 20.2 Å². The molecule has 0 saturated heterocycles. The Hall–Kier alpha value is -2.56. The second-order valence-electron chi connectivity index (χ2n) is 6.57. The topological polar surface area (TPSA) is 85.9 Å². The highest BCUT2D eigenvalue weighted by atomic mass is 32.2. The molecule has 0 bridgehead atoms. The van der Waals surface area contributed by atoms with Crippen LogP contribution >= 0.6 is 0 Å². The number of imidazole rings is 1. The van der Waals surface area contributed by atoms with Gasteiger partial charge in [-0.2, -0.15) is 13.2 Å². The number of nitrogens with zero attached hydrogens (tertiary/aromatic N) is 6. The maximum absolute atomic E-state index is 12.9. The minimum absolute atomic E-state index is 0.0431. The van der Waals surface area contributed by atoms with Gasteiger partial charge in [-0.3, -0.25) is 4.98 Å². The predicted octanol–water partition coefficient (Wildman–Crippen LogP) is 3.36. The summed E-state index contributed by atoms with van der Waals surface area (Å²) in [6, 6.07) is 2.67. The molecule has 4 rings (SSSR count). The van der Waals surface area contributed by atoms with Crippen LogP contribution in [0.2, 0.25) is 0 Å². The van der Waals surface area contributed by atoms with Crippen LogP contribution in [0, 0.1) is 0 Å². The van der Waals surface area contributed by atoms with Gasteiger partial charge in [-0.05, 0) is 37.3 Å². The Bertz CT molecular complexity index is 1150. The Kier molecular flexibility index (Phi) is 4.56. The summed E-state index contributed by atoms with van der Waals surface area (Å²) in [6.45, 7) is 2.17. The van der Waals surface area contributed by atoms with Gasteiger partial charge in [0.15, 0.2) is 17.2 Å². The first kappa shape index (κ1) is 18.8. The number of halogens is 3. The zero-order valence-corrected chi connectivity index (χ0v) is 16.0. The normalized spacial score (nSPS) is 16.0. The summed E-state index contributed by atoms with van der Waals surface area (Å²) >= 11 is 0. The summed E-state index contributed by atoms with van der Waals surface area (Å²) in [5, 5.41) is 6.91. The van der Waals surface area contributed by atoms with Crippen molar-refractivity contribution in [3.8, 4) is 11.5 Å². The van der Waals surface area contributed by atoms with Crippen molar-refractivity contribution in [2.45, 2.75) is 36.8 Å². The molecule has 0 amide bonds. The highest BCUT2D eigenvalue weighted by molar-refractivity contribution is 7.75. The third-order valence-corrected chi connectivity index (χ3v) is 5.83. The van der Waals surface area contributed by atoms with Gasteiger partial charge in [-0.25, -0.2) is 13.6 Å². The van der Waals surface area contributed by atoms with Crippen LogP contribution in [0.15, 0.2) is 27.6 Å². The van der Waals surface area contributed by atoms with Crippen LogP contribution in [0.3, 0.4) is 0 Å². The largest absolute Gasteiger partial charge is 0.435 e. The van der Waals surface area contributed by atoms with E-state index in [-0.39, 0.29) is 17.0 Å². The van der Waals surface area contributed by atoms with Crippen molar-refractivity contribution in [2.75, 3.05) is 6.54 Å². The number of fused-ring (bicyclic) bond motifs is 1. The number of hydrogen-bond donors (Lipinski definition) is 1. The van der Waals surface area contributed by atoms with Gasteiger partial charge in [0.1, 0.15) is 11.2 Å². The smallest absolute Gasteiger partial charge is 0.309 e. The van der Waals surface area contributed by atoms with Gasteiger partial charge in [-0.15, -0.1) is 10.2 Å². The van der Waals surface area contributed by atoms with Crippen molar-refractivity contribution < 1.29 is 17.4 Å². The summed E-state index contributed by atoms with van der Waals surface area (Å²) in [4.78, 5) is 9.15. The van der Waals surface area contributed by atoms with Crippen molar-refractivity contribution in [3.05, 3.63) is 29.6 Å². The third kappa shape index (κ3) is 3.34. The summed E-state index contributed by atoms with van der Waals surface area (Å²) in [5.74, 6) is 0.682. The summed E-state index contributed by atoms with van der Waals surface area (Å²) < 4.78 is 57.0. The van der Waals surface area contributed by atoms with Crippen molar-refractivity contribution in [2.24, 2.45) is 11.4 Å². The summed E-state index contributed by atoms with van der Waals surface area (Å²) in [6.07, 6.45) is -0.788. The van der Waals surface area contributed by atoms with Gasteiger partial charge in [0.25, 0.3) is 0 Å². The lowest BCUT2D eigenvalue weighted by molar-refractivity contribution is -0.141. The zero-order valence-electron chi connectivity index (χ0n) is 15.1. The van der Waals surface area contributed by atoms with Crippen LogP contribution in [0.4, 0.5) is 13.2 Å². The second-order valence-corrected chi connectivity index (χ2v) is 7.88. The van der Waals surface area contributed by atoms with Crippen LogP contribution in [0.1, 0.15) is 36.9 Å². The van der Waals surface area contributed by atoms with Gasteiger partial charge in [0.2, 0.25) is 0 Å². The van der Waals surface area contributed by atoms with E-state index in [1.165, 1.54) is 4.57 Å². The number of pyridine rings is 1. The molecule has 0 aromatic carbocycles. The van der Waals surface area contributed by atoms with Crippen molar-refractivity contribution in [1.29, 1.82) is 0 Å². The molecule has 0 aliphatic heterocycles. The zero-order chi connectivity index (χ0) is 20.1. The average molecular weight is 410 g/mol. The number of thiol groups is 1. The number of rotatable bonds is 4. The first-order chi connectivity index (χ1) is 13.3. The third-order valence-electron chi connectivity index (χ3n) is 4.53. The van der Waals surface area contributed by atoms with E-state index in [9.17, 15) is 17.4 Å². The van der Waals surface area contributed by atoms with E-state index in [2.05, 4.69) is 24.5 Å². The maximum Gasteiger partial charge on any atom is 0.435 e. The van der Waals surface area contributed by atoms with E-state index in [0.717, 1.165) is 24.5 Å². The Balaban J connectivity index is 1.90. The lowest BCUT2D eigenvalue weighted by Crippen LogP contribution is -2.09. The fourth-order valence-electron chi connectivity index (χ4n) is 2.97. The first-order valence-corrected chi connectivity index (χ1v) is 9.93. The van der Waals surface area contributed by atoms with Crippen LogP contribution in [0.5, 0.6) is 0 Å². The summed E-state index contributed by atoms with van der Waals surface area (Å²) in [5.41, 5.74) is 0.434. The van der Waals surface area contributed by atoms with Gasteiger partial charge >= 0.3 is 6.18 Å². The molecule has 3 aromatic rings. The Morgan fingerprint density at radius 3 is 2.68 bits per heavy atom. The molecule has 148 valence electrons. The number of alkyl halides is 3. The minimum Gasteiger partial charge on any atom is -0.309 e. The second kappa shape index (κ2) is 6.80. The van der Waals surface area contributed by atoms with E-state index in [0.29, 0.717) is 23.1 Å². The Morgan fingerprint density at radius 2 is 2.04 bits per heavy atom. The molecule has 7 nitrogen and oxygen atoms in total. The quantitative estimate of drug-likeness (QED) is 0.667. The van der Waals surface area contributed by atoms with Gasteiger partial charge < -0.3 is 4.57 Å². The molecule has 0 radical (unpaired) electrons. The van der Waals surface area contributed by atoms with Gasteiger partial charge in [-0.1, -0.05) is 0 Å². The van der Waals surface area contributed by atoms with E-state index >= 15 is 0 Å². The van der Waals surface area contributed by atoms with E-state index in [1.807, 2.05) is 6.07 Å². The molecule has 1 saturated carbocycles. The van der Waals surface area contributed by atoms with Crippen LogP contribution < -0.4 is 0 Å². The highest BCUT2D eigenvalue weighted by Crippen LogP contribution is 2.41. The molecule has 1 unspecified atom stereocenters. The maximum atomic E-state index is 12.9. The Labute approximate surface area is 160 Å². The molecule has 1 fully saturated rings. The molecule has 3 heterocycles. The fraction of sp³-hybridized carbons (Fsp3) is 0.412. The number of hydrogen-bond acceptors (Lipinski definition) is 6. The van der Waals surface area contributed by atoms with Crippen LogP contribution in [0.25, 0.3) is 22.7 Å². The number of aromatic nitrogens is 5. The predicted molar refractivity (Wildman–Crippen MR) is 97.3 cm³/mol. The SMILES string of the molecule is CC/N=[SH](=O)/c1cc(C2CC2)cnc1-c1nc2cc(C(F)(F)F)nnc2n1C. The van der Waals surface area contributed by atoms with E-state index < -0.39 is 22.5 Å². The van der Waals surface area contributed by atoms with E-state index in [4.69, 9.17) is 0 Å². The molecule has 0 N–H and O–H groups in total. The van der Waals surface area contributed by atoms with Gasteiger partial charge in [0, 0.05) is 25.9 Å². The molecule has 11 heteroatoms. The van der Waals surface area contributed by atoms with Crippen LogP contribution in [-0.2, 0) is 23.8 Å². The average Bonchev–Trinajstić information content (AvgIpc) is 3.45. The fourth-order valence-corrected chi connectivity index (χ4v) is 3.98. The standard InChI is InChI=1S/C17H17F3N6OS/c1-3-22-28(27)12-6-10(9-4-5-9)8-21-14(12)16-23-11-7-13(17(18,19)20)24-25-15(11)26(16)2/h6-9,28H,3-5H2,1-2H3. The molecule has 0 spiro atoms. The Morgan fingerprint density at radius 1 is 1.29 bits per heavy atom. The molecular formula is C17H17F3N6OS. The molecule has 3 aromatic heterocycles. The summed E-state index contributed by atoms with van der Waals surface area (Å²) in [7, 11) is -0.449. The molecule has 1 aliphatic rings. The minimum atomic E-state index is -4.61. The van der Waals surface area contributed by atoms with Gasteiger partial charge in [0.05, 0.1) is 15.5 Å². The first-order valence-electron chi connectivity index (χ1n) is 8.72.